The largest absolute Gasteiger partial charge is 0.358 e. The van der Waals surface area contributed by atoms with E-state index in [-0.39, 0.29) is 5.41 Å². The summed E-state index contributed by atoms with van der Waals surface area (Å²) in [6.07, 6.45) is 2.35. The van der Waals surface area contributed by atoms with Gasteiger partial charge in [0.05, 0.1) is 6.54 Å². The van der Waals surface area contributed by atoms with Gasteiger partial charge < -0.3 is 5.73 Å². The zero-order chi connectivity index (χ0) is 10.6. The van der Waals surface area contributed by atoms with Crippen molar-refractivity contribution in [2.75, 3.05) is 6.54 Å². The van der Waals surface area contributed by atoms with Gasteiger partial charge in [-0.3, -0.25) is 0 Å². The van der Waals surface area contributed by atoms with Gasteiger partial charge in [0.25, 0.3) is 0 Å². The summed E-state index contributed by atoms with van der Waals surface area (Å²) in [5.74, 6) is 0. The normalized spacial score (nSPS) is 11.7. The molecule has 0 radical (unpaired) electrons. The van der Waals surface area contributed by atoms with Crippen molar-refractivity contribution in [1.82, 2.24) is 0 Å². The minimum absolute atomic E-state index is 0.269. The van der Waals surface area contributed by atoms with Crippen molar-refractivity contribution in [2.24, 2.45) is 0 Å². The van der Waals surface area contributed by atoms with Crippen LogP contribution in [0.5, 0.6) is 0 Å². The highest BCUT2D eigenvalue weighted by Gasteiger charge is 2.12. The molecule has 0 saturated heterocycles. The van der Waals surface area contributed by atoms with Gasteiger partial charge in [-0.2, -0.15) is 0 Å². The molecule has 0 spiro atoms. The van der Waals surface area contributed by atoms with E-state index < -0.39 is 0 Å². The van der Waals surface area contributed by atoms with Crippen molar-refractivity contribution in [3.05, 3.63) is 35.4 Å². The third-order valence-electron chi connectivity index (χ3n) is 2.54. The minimum Gasteiger partial charge on any atom is -0.358 e. The van der Waals surface area contributed by atoms with E-state index in [0.717, 1.165) is 13.0 Å². The van der Waals surface area contributed by atoms with Crippen LogP contribution in [0.15, 0.2) is 24.3 Å². The molecule has 0 bridgehead atoms. The quantitative estimate of drug-likeness (QED) is 0.760. The summed E-state index contributed by atoms with van der Waals surface area (Å²) in [5, 5.41) is 0. The molecule has 1 heteroatoms. The molecule has 0 aromatic heterocycles. The highest BCUT2D eigenvalue weighted by molar-refractivity contribution is 5.27. The Morgan fingerprint density at radius 3 is 2.07 bits per heavy atom. The first-order valence-electron chi connectivity index (χ1n) is 5.42. The van der Waals surface area contributed by atoms with Crippen LogP contribution in [0.3, 0.4) is 0 Å². The van der Waals surface area contributed by atoms with Gasteiger partial charge in [0.2, 0.25) is 0 Å². The van der Waals surface area contributed by atoms with Gasteiger partial charge >= 0.3 is 0 Å². The summed E-state index contributed by atoms with van der Waals surface area (Å²) in [7, 11) is 0. The third kappa shape index (κ3) is 3.15. The molecule has 0 saturated carbocycles. The average Bonchev–Trinajstić information content (AvgIpc) is 2.14. The number of hydrogen-bond acceptors (Lipinski definition) is 0. The Labute approximate surface area is 87.3 Å². The summed E-state index contributed by atoms with van der Waals surface area (Å²) in [4.78, 5) is 0. The molecule has 3 N–H and O–H groups in total. The number of benzene rings is 1. The summed E-state index contributed by atoms with van der Waals surface area (Å²) in [5.41, 5.74) is 6.97. The molecule has 0 heterocycles. The molecular weight excluding hydrogens is 170 g/mol. The molecule has 0 unspecified atom stereocenters. The zero-order valence-corrected chi connectivity index (χ0v) is 9.64. The summed E-state index contributed by atoms with van der Waals surface area (Å²) >= 11 is 0. The van der Waals surface area contributed by atoms with Gasteiger partial charge in [-0.25, -0.2) is 0 Å². The second-order valence-corrected chi connectivity index (χ2v) is 4.90. The maximum absolute atomic E-state index is 3.86. The van der Waals surface area contributed by atoms with E-state index in [4.69, 9.17) is 0 Å². The van der Waals surface area contributed by atoms with Gasteiger partial charge in [-0.1, -0.05) is 45.0 Å². The lowest BCUT2D eigenvalue weighted by Crippen LogP contribution is -2.50. The van der Waals surface area contributed by atoms with Crippen LogP contribution in [0.25, 0.3) is 0 Å². The maximum Gasteiger partial charge on any atom is 0.0743 e. The Morgan fingerprint density at radius 2 is 1.64 bits per heavy atom. The Hall–Kier alpha value is -0.820. The van der Waals surface area contributed by atoms with Gasteiger partial charge in [0, 0.05) is 6.42 Å². The zero-order valence-electron chi connectivity index (χ0n) is 9.64. The van der Waals surface area contributed by atoms with Gasteiger partial charge in [-0.15, -0.1) is 0 Å². The van der Waals surface area contributed by atoms with Crippen molar-refractivity contribution in [3.63, 3.8) is 0 Å². The van der Waals surface area contributed by atoms with E-state index in [2.05, 4.69) is 50.8 Å². The van der Waals surface area contributed by atoms with E-state index in [9.17, 15) is 0 Å². The van der Waals surface area contributed by atoms with Gasteiger partial charge in [-0.05, 0) is 23.0 Å². The topological polar surface area (TPSA) is 27.6 Å². The monoisotopic (exact) mass is 192 g/mol. The predicted molar refractivity (Wildman–Crippen MR) is 61.2 cm³/mol. The Morgan fingerprint density at radius 1 is 1.07 bits per heavy atom. The predicted octanol–water partition coefficient (Wildman–Crippen LogP) is 2.16. The van der Waals surface area contributed by atoms with Crippen molar-refractivity contribution < 1.29 is 5.73 Å². The lowest BCUT2D eigenvalue weighted by molar-refractivity contribution is -0.368. The molecule has 1 nitrogen and oxygen atoms in total. The van der Waals surface area contributed by atoms with E-state index >= 15 is 0 Å². The lowest BCUT2D eigenvalue weighted by Gasteiger charge is -2.19. The lowest BCUT2D eigenvalue weighted by atomic mass is 9.86. The fourth-order valence-corrected chi connectivity index (χ4v) is 1.50. The molecule has 1 rings (SSSR count). The smallest absolute Gasteiger partial charge is 0.0743 e. The SMILES string of the molecule is CC(C)(C)c1ccc(CCC[NH3+])cc1. The molecule has 1 aromatic rings. The van der Waals surface area contributed by atoms with Crippen LogP contribution in [0.2, 0.25) is 0 Å². The van der Waals surface area contributed by atoms with Crippen LogP contribution in [-0.2, 0) is 11.8 Å². The standard InChI is InChI=1S/C13H21N/c1-13(2,3)12-8-6-11(7-9-12)5-4-10-14/h6-9H,4-5,10,14H2,1-3H3/p+1. The van der Waals surface area contributed by atoms with Gasteiger partial charge in [0.1, 0.15) is 0 Å². The first-order chi connectivity index (χ1) is 6.54. The van der Waals surface area contributed by atoms with E-state index in [1.54, 1.807) is 0 Å². The molecule has 0 fully saturated rings. The second kappa shape index (κ2) is 4.61. The summed E-state index contributed by atoms with van der Waals surface area (Å²) < 4.78 is 0. The van der Waals surface area contributed by atoms with E-state index in [0.29, 0.717) is 0 Å². The number of aryl methyl sites for hydroxylation is 1. The first-order valence-corrected chi connectivity index (χ1v) is 5.42. The fourth-order valence-electron chi connectivity index (χ4n) is 1.50. The minimum atomic E-state index is 0.269. The maximum atomic E-state index is 3.86. The van der Waals surface area contributed by atoms with Crippen LogP contribution >= 0.6 is 0 Å². The fraction of sp³-hybridized carbons (Fsp3) is 0.538. The van der Waals surface area contributed by atoms with Crippen molar-refractivity contribution in [2.45, 2.75) is 39.0 Å². The molecular formula is C13H22N+. The summed E-state index contributed by atoms with van der Waals surface area (Å²) in [6, 6.07) is 8.99. The first kappa shape index (κ1) is 11.3. The van der Waals surface area contributed by atoms with Crippen molar-refractivity contribution in [1.29, 1.82) is 0 Å². The van der Waals surface area contributed by atoms with E-state index in [1.165, 1.54) is 17.5 Å². The van der Waals surface area contributed by atoms with Crippen LogP contribution in [0.1, 0.15) is 38.3 Å². The Balaban J connectivity index is 2.69. The Kier molecular flexibility index (Phi) is 3.70. The van der Waals surface area contributed by atoms with Crippen LogP contribution in [0.4, 0.5) is 0 Å². The van der Waals surface area contributed by atoms with Crippen molar-refractivity contribution >= 4 is 0 Å². The van der Waals surface area contributed by atoms with Crippen LogP contribution < -0.4 is 5.73 Å². The molecule has 0 aliphatic heterocycles. The highest BCUT2D eigenvalue weighted by Crippen LogP contribution is 2.22. The molecule has 0 atom stereocenters. The molecule has 0 amide bonds. The van der Waals surface area contributed by atoms with Crippen molar-refractivity contribution in [3.8, 4) is 0 Å². The number of hydrogen-bond donors (Lipinski definition) is 1. The Bertz CT molecular complexity index is 266. The van der Waals surface area contributed by atoms with E-state index in [1.807, 2.05) is 0 Å². The van der Waals surface area contributed by atoms with Gasteiger partial charge in [0.15, 0.2) is 0 Å². The van der Waals surface area contributed by atoms with Crippen LogP contribution in [-0.4, -0.2) is 6.54 Å². The number of rotatable bonds is 3. The summed E-state index contributed by atoms with van der Waals surface area (Å²) in [6.45, 7) is 7.77. The number of quaternary nitrogens is 1. The molecule has 14 heavy (non-hydrogen) atoms. The second-order valence-electron chi connectivity index (χ2n) is 4.90. The average molecular weight is 192 g/mol. The molecule has 1 aromatic carbocycles. The third-order valence-corrected chi connectivity index (χ3v) is 2.54. The molecule has 78 valence electrons. The highest BCUT2D eigenvalue weighted by atomic mass is 14.5. The van der Waals surface area contributed by atoms with Crippen LogP contribution in [0, 0.1) is 0 Å². The molecule has 0 aliphatic rings. The molecule has 0 aliphatic carbocycles.